The Labute approximate surface area is 103 Å². The lowest BCUT2D eigenvalue weighted by Gasteiger charge is -2.45. The molecule has 1 heterocycles. The Hall–Kier alpha value is -0.170. The van der Waals surface area contributed by atoms with Gasteiger partial charge in [0.05, 0.1) is 17.4 Å². The van der Waals surface area contributed by atoms with Crippen molar-refractivity contribution in [1.29, 1.82) is 0 Å². The Morgan fingerprint density at radius 2 is 2.06 bits per heavy atom. The lowest BCUT2D eigenvalue weighted by Crippen LogP contribution is -2.63. The minimum Gasteiger partial charge on any atom is -0.394 e. The lowest BCUT2D eigenvalue weighted by molar-refractivity contribution is 0.0274. The molecule has 0 spiro atoms. The zero-order valence-corrected chi connectivity index (χ0v) is 11.2. The van der Waals surface area contributed by atoms with Gasteiger partial charge >= 0.3 is 0 Å². The van der Waals surface area contributed by atoms with Gasteiger partial charge in [-0.2, -0.15) is 0 Å². The number of aliphatic hydroxyl groups is 1. The van der Waals surface area contributed by atoms with Crippen molar-refractivity contribution in [3.8, 4) is 0 Å². The van der Waals surface area contributed by atoms with Crippen LogP contribution in [-0.2, 0) is 9.84 Å². The summed E-state index contributed by atoms with van der Waals surface area (Å²) in [5, 5.41) is 12.6. The topological polar surface area (TPSA) is 69.6 Å². The summed E-state index contributed by atoms with van der Waals surface area (Å²) in [5.74, 6) is 0. The number of aliphatic hydroxyl groups excluding tert-OH is 1. The summed E-state index contributed by atoms with van der Waals surface area (Å²) in [6, 6.07) is 0. The van der Waals surface area contributed by atoms with Gasteiger partial charge in [0.15, 0.2) is 9.84 Å². The molecule has 0 amide bonds. The van der Waals surface area contributed by atoms with Gasteiger partial charge in [-0.15, -0.1) is 0 Å². The van der Waals surface area contributed by atoms with Crippen molar-refractivity contribution in [2.75, 3.05) is 39.0 Å². The summed E-state index contributed by atoms with van der Waals surface area (Å²) in [5.41, 5.74) is -0.532. The molecule has 2 unspecified atom stereocenters. The Balaban J connectivity index is 2.28. The van der Waals surface area contributed by atoms with E-state index < -0.39 is 20.6 Å². The molecule has 1 aliphatic carbocycles. The van der Waals surface area contributed by atoms with Crippen LogP contribution in [0, 0.1) is 0 Å². The SMILES string of the molecule is CS(=O)(=O)C1CCCC1(CO)N1CCNCC1. The first-order chi connectivity index (χ1) is 8.00. The molecule has 1 saturated carbocycles. The van der Waals surface area contributed by atoms with E-state index in [4.69, 9.17) is 0 Å². The van der Waals surface area contributed by atoms with Crippen LogP contribution in [0.4, 0.5) is 0 Å². The second-order valence-electron chi connectivity index (χ2n) is 5.21. The Kier molecular flexibility index (Phi) is 3.77. The third kappa shape index (κ3) is 2.36. The number of nitrogens with zero attached hydrogens (tertiary/aromatic N) is 1. The smallest absolute Gasteiger partial charge is 0.152 e. The van der Waals surface area contributed by atoms with Gasteiger partial charge in [0, 0.05) is 32.4 Å². The van der Waals surface area contributed by atoms with Crippen LogP contribution in [-0.4, -0.2) is 68.3 Å². The van der Waals surface area contributed by atoms with E-state index in [0.29, 0.717) is 6.42 Å². The third-order valence-electron chi connectivity index (χ3n) is 4.21. The molecule has 0 aromatic carbocycles. The number of nitrogens with one attached hydrogen (secondary N) is 1. The number of rotatable bonds is 3. The van der Waals surface area contributed by atoms with Crippen LogP contribution in [0.15, 0.2) is 0 Å². The first kappa shape index (κ1) is 13.3. The van der Waals surface area contributed by atoms with Gasteiger partial charge in [0.1, 0.15) is 0 Å². The summed E-state index contributed by atoms with van der Waals surface area (Å²) in [4.78, 5) is 2.18. The molecule has 5 nitrogen and oxygen atoms in total. The monoisotopic (exact) mass is 262 g/mol. The van der Waals surface area contributed by atoms with Crippen LogP contribution in [0.2, 0.25) is 0 Å². The minimum absolute atomic E-state index is 0.0509. The highest BCUT2D eigenvalue weighted by Crippen LogP contribution is 2.39. The largest absolute Gasteiger partial charge is 0.394 e. The van der Waals surface area contributed by atoms with Crippen LogP contribution in [0.25, 0.3) is 0 Å². The van der Waals surface area contributed by atoms with Gasteiger partial charge in [-0.25, -0.2) is 8.42 Å². The molecule has 0 aromatic heterocycles. The third-order valence-corrected chi connectivity index (χ3v) is 5.92. The van der Waals surface area contributed by atoms with Gasteiger partial charge in [0.2, 0.25) is 0 Å². The van der Waals surface area contributed by atoms with E-state index in [0.717, 1.165) is 39.0 Å². The summed E-state index contributed by atoms with van der Waals surface area (Å²) < 4.78 is 23.8. The quantitative estimate of drug-likeness (QED) is 0.698. The highest BCUT2D eigenvalue weighted by Gasteiger charge is 2.51. The average molecular weight is 262 g/mol. The second-order valence-corrected chi connectivity index (χ2v) is 7.44. The van der Waals surface area contributed by atoms with Crippen molar-refractivity contribution in [3.05, 3.63) is 0 Å². The van der Waals surface area contributed by atoms with E-state index in [1.54, 1.807) is 0 Å². The summed E-state index contributed by atoms with van der Waals surface area (Å²) in [6.07, 6.45) is 3.67. The van der Waals surface area contributed by atoms with Gasteiger partial charge in [-0.1, -0.05) is 6.42 Å². The van der Waals surface area contributed by atoms with Gasteiger partial charge in [0.25, 0.3) is 0 Å². The highest BCUT2D eigenvalue weighted by molar-refractivity contribution is 7.91. The maximum absolute atomic E-state index is 11.9. The van der Waals surface area contributed by atoms with E-state index in [-0.39, 0.29) is 6.61 Å². The first-order valence-electron chi connectivity index (χ1n) is 6.26. The van der Waals surface area contributed by atoms with E-state index >= 15 is 0 Å². The Morgan fingerprint density at radius 1 is 1.41 bits per heavy atom. The average Bonchev–Trinajstić information content (AvgIpc) is 2.75. The molecule has 100 valence electrons. The van der Waals surface area contributed by atoms with Crippen LogP contribution < -0.4 is 5.32 Å². The molecule has 2 rings (SSSR count). The predicted molar refractivity (Wildman–Crippen MR) is 66.7 cm³/mol. The molecule has 2 N–H and O–H groups in total. The molecular formula is C11H22N2O3S. The number of sulfone groups is 1. The fourth-order valence-electron chi connectivity index (χ4n) is 3.39. The number of hydrogen-bond donors (Lipinski definition) is 2. The van der Waals surface area contributed by atoms with E-state index in [1.165, 1.54) is 6.26 Å². The van der Waals surface area contributed by atoms with Crippen molar-refractivity contribution in [2.45, 2.75) is 30.1 Å². The summed E-state index contributed by atoms with van der Waals surface area (Å²) in [6.45, 7) is 3.35. The molecule has 2 atom stereocenters. The standard InChI is InChI=1S/C11H22N2O3S/c1-17(15,16)10-3-2-4-11(10,9-14)13-7-5-12-6-8-13/h10,12,14H,2-9H2,1H3. The zero-order chi connectivity index (χ0) is 12.5. The van der Waals surface area contributed by atoms with Gasteiger partial charge in [-0.05, 0) is 12.8 Å². The predicted octanol–water partition coefficient (Wildman–Crippen LogP) is -0.780. The normalized spacial score (nSPS) is 36.2. The van der Waals surface area contributed by atoms with Crippen molar-refractivity contribution in [3.63, 3.8) is 0 Å². The molecule has 0 radical (unpaired) electrons. The first-order valence-corrected chi connectivity index (χ1v) is 8.22. The van der Waals surface area contributed by atoms with Crippen LogP contribution >= 0.6 is 0 Å². The van der Waals surface area contributed by atoms with Crippen molar-refractivity contribution in [1.82, 2.24) is 10.2 Å². The highest BCUT2D eigenvalue weighted by atomic mass is 32.2. The number of piperazine rings is 1. The molecule has 2 aliphatic rings. The fourth-order valence-corrected chi connectivity index (χ4v) is 5.12. The molecule has 1 aliphatic heterocycles. The van der Waals surface area contributed by atoms with Gasteiger partial charge < -0.3 is 10.4 Å². The van der Waals surface area contributed by atoms with Crippen molar-refractivity contribution >= 4 is 9.84 Å². The van der Waals surface area contributed by atoms with Gasteiger partial charge in [-0.3, -0.25) is 4.90 Å². The maximum Gasteiger partial charge on any atom is 0.152 e. The van der Waals surface area contributed by atoms with Crippen molar-refractivity contribution in [2.24, 2.45) is 0 Å². The molecule has 0 bridgehead atoms. The molecule has 0 aromatic rings. The number of hydrogen-bond acceptors (Lipinski definition) is 5. The fraction of sp³-hybridized carbons (Fsp3) is 1.00. The second kappa shape index (κ2) is 4.84. The molecule has 6 heteroatoms. The molecular weight excluding hydrogens is 240 g/mol. The van der Waals surface area contributed by atoms with Crippen LogP contribution in [0.3, 0.4) is 0 Å². The van der Waals surface area contributed by atoms with E-state index in [1.807, 2.05) is 0 Å². The van der Waals surface area contributed by atoms with E-state index in [2.05, 4.69) is 10.2 Å². The Bertz CT molecular complexity index is 365. The summed E-state index contributed by atoms with van der Waals surface area (Å²) in [7, 11) is -3.09. The molecule has 1 saturated heterocycles. The van der Waals surface area contributed by atoms with Crippen molar-refractivity contribution < 1.29 is 13.5 Å². The maximum atomic E-state index is 11.9. The Morgan fingerprint density at radius 3 is 2.59 bits per heavy atom. The molecule has 17 heavy (non-hydrogen) atoms. The zero-order valence-electron chi connectivity index (χ0n) is 10.4. The van der Waals surface area contributed by atoms with Crippen LogP contribution in [0.1, 0.15) is 19.3 Å². The summed E-state index contributed by atoms with van der Waals surface area (Å²) >= 11 is 0. The van der Waals surface area contributed by atoms with E-state index in [9.17, 15) is 13.5 Å². The molecule has 2 fully saturated rings. The lowest BCUT2D eigenvalue weighted by atomic mass is 9.95. The minimum atomic E-state index is -3.09. The van der Waals surface area contributed by atoms with Crippen LogP contribution in [0.5, 0.6) is 0 Å².